The molecule has 5 heteroatoms. The lowest BCUT2D eigenvalue weighted by Gasteiger charge is -2.44. The van der Waals surface area contributed by atoms with Gasteiger partial charge in [0.05, 0.1) is 12.6 Å². The monoisotopic (exact) mass is 490 g/mol. The molecule has 202 valence electrons. The van der Waals surface area contributed by atoms with Gasteiger partial charge in [-0.05, 0) is 30.3 Å². The largest absolute Gasteiger partial charge is 0.468 e. The number of carbonyl (C=O) groups is 2. The second-order valence-electron chi connectivity index (χ2n) is 11.2. The van der Waals surface area contributed by atoms with Crippen LogP contribution in [0, 0.1) is 17.8 Å². The summed E-state index contributed by atoms with van der Waals surface area (Å²) in [6.45, 7) is 7.52. The second kappa shape index (κ2) is 17.8. The third-order valence-corrected chi connectivity index (χ3v) is 8.50. The summed E-state index contributed by atoms with van der Waals surface area (Å²) >= 11 is 0. The van der Waals surface area contributed by atoms with Crippen LogP contribution in [0.1, 0.15) is 136 Å². The van der Waals surface area contributed by atoms with E-state index in [1.54, 1.807) is 0 Å². The van der Waals surface area contributed by atoms with Crippen LogP contribution in [-0.4, -0.2) is 25.2 Å². The molecule has 1 fully saturated rings. The van der Waals surface area contributed by atoms with E-state index in [4.69, 9.17) is 4.74 Å². The molecule has 2 amide bonds. The normalized spacial score (nSPS) is 24.7. The molecular formula is C30H54N2O3. The van der Waals surface area contributed by atoms with Gasteiger partial charge in [-0.25, -0.2) is 4.79 Å². The van der Waals surface area contributed by atoms with Crippen molar-refractivity contribution in [2.75, 3.05) is 6.61 Å². The van der Waals surface area contributed by atoms with Crippen LogP contribution in [0.4, 0.5) is 4.79 Å². The third kappa shape index (κ3) is 11.0. The Bertz CT molecular complexity index is 633. The highest BCUT2D eigenvalue weighted by Gasteiger charge is 2.40. The van der Waals surface area contributed by atoms with E-state index < -0.39 is 0 Å². The van der Waals surface area contributed by atoms with Crippen molar-refractivity contribution in [3.05, 3.63) is 11.3 Å². The summed E-state index contributed by atoms with van der Waals surface area (Å²) in [5.41, 5.74) is 2.14. The zero-order valence-electron chi connectivity index (χ0n) is 23.0. The quantitative estimate of drug-likeness (QED) is 0.142. The van der Waals surface area contributed by atoms with Crippen LogP contribution in [0.25, 0.3) is 0 Å². The van der Waals surface area contributed by atoms with Crippen LogP contribution >= 0.6 is 0 Å². The molecule has 4 unspecified atom stereocenters. The maximum absolute atomic E-state index is 12.4. The first-order valence-corrected chi connectivity index (χ1v) is 14.9. The summed E-state index contributed by atoms with van der Waals surface area (Å²) in [7, 11) is 0. The number of carbonyl (C=O) groups excluding carboxylic acids is 2. The predicted octanol–water partition coefficient (Wildman–Crippen LogP) is 8.04. The van der Waals surface area contributed by atoms with E-state index in [1.807, 2.05) is 6.92 Å². The highest BCUT2D eigenvalue weighted by Crippen LogP contribution is 2.42. The molecule has 1 aliphatic carbocycles. The molecule has 2 rings (SSSR count). The molecule has 0 saturated heterocycles. The van der Waals surface area contributed by atoms with E-state index in [-0.39, 0.29) is 12.1 Å². The molecule has 1 saturated carbocycles. The van der Waals surface area contributed by atoms with E-state index >= 15 is 0 Å². The van der Waals surface area contributed by atoms with Gasteiger partial charge in [0.2, 0.25) is 0 Å². The summed E-state index contributed by atoms with van der Waals surface area (Å²) in [5, 5.41) is 6.19. The highest BCUT2D eigenvalue weighted by atomic mass is 16.5. The molecular weight excluding hydrogens is 436 g/mol. The Morgan fingerprint density at radius 1 is 0.914 bits per heavy atom. The Kier molecular flexibility index (Phi) is 15.1. The number of hydrogen-bond acceptors (Lipinski definition) is 3. The average Bonchev–Trinajstić information content (AvgIpc) is 2.83. The lowest BCUT2D eigenvalue weighted by Crippen LogP contribution is -2.54. The van der Waals surface area contributed by atoms with Gasteiger partial charge in [-0.2, -0.15) is 0 Å². The van der Waals surface area contributed by atoms with Gasteiger partial charge in [0.15, 0.2) is 0 Å². The van der Waals surface area contributed by atoms with Gasteiger partial charge in [0.25, 0.3) is 6.47 Å². The summed E-state index contributed by atoms with van der Waals surface area (Å²) in [6, 6.07) is -0.0358. The summed E-state index contributed by atoms with van der Waals surface area (Å²) in [6.07, 6.45) is 23.8. The standard InChI is InChI=1S/C30H54N2O3/c1-4-5-6-7-8-9-10-11-12-13-14-15-16-19-26-20-17-18-24(2)28(26)29-27(21-22-35-23-33)25(3)31-30(34)32-29/h23-24,26,28-29H,4-22H2,1-3H3,(H2,31,32,34). The molecule has 1 aliphatic heterocycles. The Hall–Kier alpha value is -1.52. The van der Waals surface area contributed by atoms with Gasteiger partial charge in [0, 0.05) is 12.1 Å². The van der Waals surface area contributed by atoms with E-state index in [2.05, 4.69) is 24.5 Å². The molecule has 2 aliphatic rings. The lowest BCUT2D eigenvalue weighted by molar-refractivity contribution is -0.128. The average molecular weight is 491 g/mol. The van der Waals surface area contributed by atoms with Crippen molar-refractivity contribution in [1.82, 2.24) is 10.6 Å². The topological polar surface area (TPSA) is 67.4 Å². The summed E-state index contributed by atoms with van der Waals surface area (Å²) in [4.78, 5) is 23.0. The van der Waals surface area contributed by atoms with Crippen LogP contribution < -0.4 is 10.6 Å². The maximum atomic E-state index is 12.4. The zero-order valence-corrected chi connectivity index (χ0v) is 23.0. The molecule has 5 nitrogen and oxygen atoms in total. The minimum absolute atomic E-state index is 0.0567. The first-order valence-electron chi connectivity index (χ1n) is 14.9. The number of allylic oxidation sites excluding steroid dienone is 1. The van der Waals surface area contributed by atoms with Gasteiger partial charge in [-0.3, -0.25) is 4.79 Å². The Morgan fingerprint density at radius 2 is 1.51 bits per heavy atom. The van der Waals surface area contributed by atoms with Gasteiger partial charge >= 0.3 is 6.03 Å². The van der Waals surface area contributed by atoms with Gasteiger partial charge in [-0.15, -0.1) is 0 Å². The Morgan fingerprint density at radius 3 is 2.11 bits per heavy atom. The highest BCUT2D eigenvalue weighted by molar-refractivity contribution is 5.78. The van der Waals surface area contributed by atoms with Crippen LogP contribution in [0.3, 0.4) is 0 Å². The van der Waals surface area contributed by atoms with Crippen LogP contribution in [0.2, 0.25) is 0 Å². The molecule has 0 radical (unpaired) electrons. The van der Waals surface area contributed by atoms with Gasteiger partial charge in [0.1, 0.15) is 0 Å². The van der Waals surface area contributed by atoms with Crippen molar-refractivity contribution in [1.29, 1.82) is 0 Å². The van der Waals surface area contributed by atoms with Crippen molar-refractivity contribution in [3.8, 4) is 0 Å². The molecule has 0 aromatic heterocycles. The first-order chi connectivity index (χ1) is 17.1. The second-order valence-corrected chi connectivity index (χ2v) is 11.2. The minimum Gasteiger partial charge on any atom is -0.468 e. The molecule has 0 spiro atoms. The molecule has 1 heterocycles. The predicted molar refractivity (Wildman–Crippen MR) is 145 cm³/mol. The lowest BCUT2D eigenvalue weighted by atomic mass is 9.65. The number of ether oxygens (including phenoxy) is 1. The number of rotatable bonds is 19. The number of hydrogen-bond donors (Lipinski definition) is 2. The number of nitrogens with one attached hydrogen (secondary N) is 2. The fourth-order valence-corrected chi connectivity index (χ4v) is 6.55. The molecule has 0 aromatic rings. The van der Waals surface area contributed by atoms with Gasteiger partial charge < -0.3 is 15.4 Å². The molecule has 4 atom stereocenters. The molecule has 2 N–H and O–H groups in total. The minimum atomic E-state index is -0.0926. The van der Waals surface area contributed by atoms with E-state index in [0.29, 0.717) is 37.3 Å². The maximum Gasteiger partial charge on any atom is 0.319 e. The number of unbranched alkanes of at least 4 members (excludes halogenated alkanes) is 12. The van der Waals surface area contributed by atoms with Gasteiger partial charge in [-0.1, -0.05) is 123 Å². The Balaban J connectivity index is 1.73. The Labute approximate surface area is 215 Å². The van der Waals surface area contributed by atoms with Crippen LogP contribution in [0.15, 0.2) is 11.3 Å². The number of amides is 2. The third-order valence-electron chi connectivity index (χ3n) is 8.50. The summed E-state index contributed by atoms with van der Waals surface area (Å²) < 4.78 is 5.00. The smallest absolute Gasteiger partial charge is 0.319 e. The number of urea groups is 1. The van der Waals surface area contributed by atoms with Crippen molar-refractivity contribution in [3.63, 3.8) is 0 Å². The van der Waals surface area contributed by atoms with E-state index in [1.165, 1.54) is 115 Å². The van der Waals surface area contributed by atoms with Crippen molar-refractivity contribution < 1.29 is 14.3 Å². The fraction of sp³-hybridized carbons (Fsp3) is 0.867. The summed E-state index contributed by atoms with van der Waals surface area (Å²) in [5.74, 6) is 1.71. The van der Waals surface area contributed by atoms with Crippen LogP contribution in [0.5, 0.6) is 0 Å². The van der Waals surface area contributed by atoms with Crippen molar-refractivity contribution in [2.24, 2.45) is 17.8 Å². The first kappa shape index (κ1) is 29.7. The zero-order chi connectivity index (χ0) is 25.3. The van der Waals surface area contributed by atoms with Crippen molar-refractivity contribution >= 4 is 12.5 Å². The van der Waals surface area contributed by atoms with Crippen molar-refractivity contribution in [2.45, 2.75) is 142 Å². The van der Waals surface area contributed by atoms with Crippen LogP contribution in [-0.2, 0) is 9.53 Å². The molecule has 35 heavy (non-hydrogen) atoms. The molecule has 0 bridgehead atoms. The van der Waals surface area contributed by atoms with E-state index in [0.717, 1.165) is 5.70 Å². The fourth-order valence-electron chi connectivity index (χ4n) is 6.55. The SMILES string of the molecule is CCCCCCCCCCCCCCCC1CCCC(C)C1C1NC(=O)NC(C)=C1CCOC=O. The van der Waals surface area contributed by atoms with E-state index in [9.17, 15) is 9.59 Å². The molecule has 0 aromatic carbocycles.